The van der Waals surface area contributed by atoms with Gasteiger partial charge in [0.25, 0.3) is 0 Å². The van der Waals surface area contributed by atoms with E-state index in [0.717, 1.165) is 24.2 Å². The monoisotopic (exact) mass is 426 g/mol. The van der Waals surface area contributed by atoms with Crippen molar-refractivity contribution in [2.45, 2.75) is 88.4 Å². The second kappa shape index (κ2) is 10.5. The Morgan fingerprint density at radius 3 is 2.58 bits per heavy atom. The zero-order chi connectivity index (χ0) is 21.6. The van der Waals surface area contributed by atoms with E-state index in [1.54, 1.807) is 0 Å². The molecule has 0 spiro atoms. The molecule has 1 unspecified atom stereocenters. The third kappa shape index (κ3) is 4.88. The van der Waals surface area contributed by atoms with Crippen LogP contribution >= 0.6 is 0 Å². The van der Waals surface area contributed by atoms with Crippen LogP contribution in [0.3, 0.4) is 0 Å². The number of hydrogen-bond acceptors (Lipinski definition) is 4. The fourth-order valence-electron chi connectivity index (χ4n) is 6.08. The Labute approximate surface area is 186 Å². The van der Waals surface area contributed by atoms with Crippen molar-refractivity contribution in [2.24, 2.45) is 16.5 Å². The highest BCUT2D eigenvalue weighted by atomic mass is 16.1. The van der Waals surface area contributed by atoms with Crippen LogP contribution in [0.15, 0.2) is 29.3 Å². The maximum atomic E-state index is 12.4. The molecule has 3 aliphatic rings. The number of para-hydroxylation sites is 2. The Morgan fingerprint density at radius 2 is 1.84 bits per heavy atom. The molecule has 1 aromatic carbocycles. The van der Waals surface area contributed by atoms with Crippen molar-refractivity contribution in [3.8, 4) is 0 Å². The number of aliphatic imine (C=N–C) groups is 1. The highest BCUT2D eigenvalue weighted by molar-refractivity contribution is 5.97. The SMILES string of the molecule is NCCN=C(N)Nc1ccccc1N(C=O)[C@@H]1C[C@@H]2CCC1N2C1CCCCCCC1. The summed E-state index contributed by atoms with van der Waals surface area (Å²) in [5.41, 5.74) is 13.2. The second-order valence-electron chi connectivity index (χ2n) is 9.26. The number of benzene rings is 1. The van der Waals surface area contributed by atoms with Crippen LogP contribution in [0.5, 0.6) is 0 Å². The zero-order valence-corrected chi connectivity index (χ0v) is 18.6. The number of fused-ring (bicyclic) bond motifs is 2. The van der Waals surface area contributed by atoms with Gasteiger partial charge >= 0.3 is 0 Å². The van der Waals surface area contributed by atoms with Gasteiger partial charge in [0.1, 0.15) is 0 Å². The molecule has 1 aliphatic carbocycles. The summed E-state index contributed by atoms with van der Waals surface area (Å²) < 4.78 is 0. The Bertz CT molecular complexity index is 760. The largest absolute Gasteiger partial charge is 0.370 e. The third-order valence-corrected chi connectivity index (χ3v) is 7.38. The summed E-state index contributed by atoms with van der Waals surface area (Å²) in [6, 6.07) is 9.84. The zero-order valence-electron chi connectivity index (χ0n) is 18.6. The van der Waals surface area contributed by atoms with Gasteiger partial charge in [0.15, 0.2) is 5.96 Å². The number of carbonyl (C=O) groups excluding carboxylic acids is 1. The molecule has 1 aromatic rings. The smallest absolute Gasteiger partial charge is 0.214 e. The van der Waals surface area contributed by atoms with Crippen molar-refractivity contribution in [1.82, 2.24) is 4.90 Å². The van der Waals surface area contributed by atoms with Crippen molar-refractivity contribution >= 4 is 23.7 Å². The summed E-state index contributed by atoms with van der Waals surface area (Å²) in [4.78, 5) is 21.3. The number of nitrogens with two attached hydrogens (primary N) is 2. The van der Waals surface area contributed by atoms with Crippen LogP contribution in [0.4, 0.5) is 11.4 Å². The lowest BCUT2D eigenvalue weighted by Gasteiger charge is -2.36. The minimum absolute atomic E-state index is 0.215. The molecule has 7 nitrogen and oxygen atoms in total. The summed E-state index contributed by atoms with van der Waals surface area (Å²) in [7, 11) is 0. The molecule has 170 valence electrons. The van der Waals surface area contributed by atoms with Crippen LogP contribution in [0.25, 0.3) is 0 Å². The molecule has 2 saturated heterocycles. The van der Waals surface area contributed by atoms with Gasteiger partial charge in [-0.05, 0) is 44.2 Å². The number of rotatable bonds is 7. The number of anilines is 2. The van der Waals surface area contributed by atoms with E-state index in [0.29, 0.717) is 37.2 Å². The second-order valence-corrected chi connectivity index (χ2v) is 9.26. The third-order valence-electron chi connectivity index (χ3n) is 7.38. The average Bonchev–Trinajstić information content (AvgIpc) is 3.32. The summed E-state index contributed by atoms with van der Waals surface area (Å²) >= 11 is 0. The molecular formula is C24H38N6O. The fourth-order valence-corrected chi connectivity index (χ4v) is 6.08. The van der Waals surface area contributed by atoms with Crippen molar-refractivity contribution in [3.63, 3.8) is 0 Å². The highest BCUT2D eigenvalue weighted by Crippen LogP contribution is 2.45. The Balaban J connectivity index is 1.53. The van der Waals surface area contributed by atoms with Crippen molar-refractivity contribution < 1.29 is 4.79 Å². The molecular weight excluding hydrogens is 388 g/mol. The Morgan fingerprint density at radius 1 is 1.10 bits per heavy atom. The molecule has 0 radical (unpaired) electrons. The van der Waals surface area contributed by atoms with Gasteiger partial charge < -0.3 is 21.7 Å². The van der Waals surface area contributed by atoms with Gasteiger partial charge in [0, 0.05) is 24.7 Å². The van der Waals surface area contributed by atoms with Crippen LogP contribution in [-0.4, -0.2) is 54.5 Å². The standard InChI is InChI=1S/C24H38N6O/c25-14-15-27-24(26)28-20-10-6-7-11-21(20)29(17-31)23-16-19-12-13-22(23)30(19)18-8-4-2-1-3-5-9-18/h6-7,10-11,17-19,22-23H,1-5,8-9,12-16,25H2,(H3,26,27,28)/t19-,22?,23+/m0/s1. The van der Waals surface area contributed by atoms with E-state index in [2.05, 4.69) is 15.2 Å². The van der Waals surface area contributed by atoms with Crippen molar-refractivity contribution in [1.29, 1.82) is 0 Å². The normalized spacial score (nSPS) is 27.6. The molecule has 0 aromatic heterocycles. The van der Waals surface area contributed by atoms with Crippen LogP contribution in [0.1, 0.15) is 64.2 Å². The van der Waals surface area contributed by atoms with Gasteiger partial charge in [-0.1, -0.05) is 44.2 Å². The topological polar surface area (TPSA) is 100.0 Å². The first-order valence-corrected chi connectivity index (χ1v) is 12.1. The first-order valence-electron chi connectivity index (χ1n) is 12.1. The molecule has 5 N–H and O–H groups in total. The van der Waals surface area contributed by atoms with Crippen LogP contribution < -0.4 is 21.7 Å². The molecule has 3 fully saturated rings. The number of amides is 1. The highest BCUT2D eigenvalue weighted by Gasteiger charge is 2.50. The minimum Gasteiger partial charge on any atom is -0.370 e. The predicted octanol–water partition coefficient (Wildman–Crippen LogP) is 3.05. The molecule has 2 heterocycles. The summed E-state index contributed by atoms with van der Waals surface area (Å²) in [6.45, 7) is 0.924. The van der Waals surface area contributed by atoms with E-state index >= 15 is 0 Å². The first kappa shape index (κ1) is 22.1. The van der Waals surface area contributed by atoms with Crippen LogP contribution in [0.2, 0.25) is 0 Å². The Kier molecular flexibility index (Phi) is 7.45. The predicted molar refractivity (Wildman–Crippen MR) is 127 cm³/mol. The lowest BCUT2D eigenvalue weighted by Crippen LogP contribution is -2.47. The van der Waals surface area contributed by atoms with Gasteiger partial charge in [0.2, 0.25) is 6.41 Å². The number of carbonyl (C=O) groups is 1. The molecule has 31 heavy (non-hydrogen) atoms. The number of guanidine groups is 1. The van der Waals surface area contributed by atoms with Crippen LogP contribution in [-0.2, 0) is 4.79 Å². The number of nitrogens with zero attached hydrogens (tertiary/aromatic N) is 3. The molecule has 7 heteroatoms. The van der Waals surface area contributed by atoms with Crippen molar-refractivity contribution in [3.05, 3.63) is 24.3 Å². The number of hydrogen-bond donors (Lipinski definition) is 3. The molecule has 3 atom stereocenters. The quantitative estimate of drug-likeness (QED) is 0.353. The summed E-state index contributed by atoms with van der Waals surface area (Å²) in [5, 5.41) is 3.18. The molecule has 2 aliphatic heterocycles. The maximum Gasteiger partial charge on any atom is 0.214 e. The van der Waals surface area contributed by atoms with Gasteiger partial charge in [-0.2, -0.15) is 0 Å². The maximum absolute atomic E-state index is 12.4. The Hall–Kier alpha value is -2.12. The van der Waals surface area contributed by atoms with Gasteiger partial charge in [-0.15, -0.1) is 0 Å². The van der Waals surface area contributed by atoms with Crippen molar-refractivity contribution in [2.75, 3.05) is 23.3 Å². The fraction of sp³-hybridized carbons (Fsp3) is 0.667. The van der Waals surface area contributed by atoms with E-state index in [4.69, 9.17) is 11.5 Å². The van der Waals surface area contributed by atoms with Gasteiger partial charge in [-0.25, -0.2) is 0 Å². The van der Waals surface area contributed by atoms with E-state index in [1.165, 1.54) is 57.8 Å². The van der Waals surface area contributed by atoms with Crippen LogP contribution in [0, 0.1) is 0 Å². The van der Waals surface area contributed by atoms with E-state index < -0.39 is 0 Å². The molecule has 1 saturated carbocycles. The first-order chi connectivity index (χ1) is 15.2. The van der Waals surface area contributed by atoms with Gasteiger partial charge in [-0.3, -0.25) is 14.7 Å². The average molecular weight is 427 g/mol. The molecule has 4 rings (SSSR count). The summed E-state index contributed by atoms with van der Waals surface area (Å²) in [6.07, 6.45) is 14.0. The van der Waals surface area contributed by atoms with E-state index in [-0.39, 0.29) is 6.04 Å². The number of nitrogens with one attached hydrogen (secondary N) is 1. The molecule has 1 amide bonds. The lowest BCUT2D eigenvalue weighted by molar-refractivity contribution is -0.108. The summed E-state index contributed by atoms with van der Waals surface area (Å²) in [5.74, 6) is 0.327. The lowest BCUT2D eigenvalue weighted by atomic mass is 9.93. The van der Waals surface area contributed by atoms with E-state index in [9.17, 15) is 4.79 Å². The van der Waals surface area contributed by atoms with E-state index in [1.807, 2.05) is 29.2 Å². The minimum atomic E-state index is 0.215. The molecule has 2 bridgehead atoms. The van der Waals surface area contributed by atoms with Gasteiger partial charge in [0.05, 0.1) is 24.0 Å².